The minimum Gasteiger partial charge on any atom is -0.395 e. The van der Waals surface area contributed by atoms with Gasteiger partial charge < -0.3 is 10.4 Å². The van der Waals surface area contributed by atoms with Crippen molar-refractivity contribution in [2.24, 2.45) is 5.92 Å². The lowest BCUT2D eigenvalue weighted by Gasteiger charge is -2.34. The fourth-order valence-electron chi connectivity index (χ4n) is 4.95. The number of nitrogens with one attached hydrogen (secondary N) is 1. The van der Waals surface area contributed by atoms with Gasteiger partial charge in [-0.2, -0.15) is 0 Å². The molecule has 0 radical (unpaired) electrons. The Bertz CT molecular complexity index is 880. The van der Waals surface area contributed by atoms with Crippen molar-refractivity contribution in [2.45, 2.75) is 57.5 Å². The largest absolute Gasteiger partial charge is 0.395 e. The predicted molar refractivity (Wildman–Crippen MR) is 120 cm³/mol. The van der Waals surface area contributed by atoms with Gasteiger partial charge in [-0.1, -0.05) is 15.9 Å². The Morgan fingerprint density at radius 2 is 2.07 bits per heavy atom. The number of aliphatic hydroxyl groups excluding tert-OH is 1. The first-order chi connectivity index (χ1) is 14.0. The molecule has 1 aromatic carbocycles. The van der Waals surface area contributed by atoms with Crippen molar-refractivity contribution in [3.8, 4) is 0 Å². The lowest BCUT2D eigenvalue weighted by molar-refractivity contribution is 0.101. The quantitative estimate of drug-likeness (QED) is 0.616. The fraction of sp³-hybridized carbons (Fsp3) is 0.565. The maximum absolute atomic E-state index is 12.2. The molecular weight excluding hydrogens is 430 g/mol. The molecule has 5 nitrogen and oxygen atoms in total. The zero-order valence-electron chi connectivity index (χ0n) is 17.0. The van der Waals surface area contributed by atoms with E-state index in [0.29, 0.717) is 23.6 Å². The number of hydrogen-bond acceptors (Lipinski definition) is 5. The smallest absolute Gasteiger partial charge is 0.163 e. The highest BCUT2D eigenvalue weighted by atomic mass is 79.9. The van der Waals surface area contributed by atoms with Crippen molar-refractivity contribution in [1.29, 1.82) is 0 Å². The summed E-state index contributed by atoms with van der Waals surface area (Å²) in [6.07, 6.45) is 8.64. The van der Waals surface area contributed by atoms with Crippen LogP contribution in [-0.4, -0.2) is 52.6 Å². The van der Waals surface area contributed by atoms with Crippen molar-refractivity contribution in [3.63, 3.8) is 0 Å². The molecule has 0 unspecified atom stereocenters. The summed E-state index contributed by atoms with van der Waals surface area (Å²) in [5, 5.41) is 14.3. The number of likely N-dealkylation sites (tertiary alicyclic amines) is 1. The minimum atomic E-state index is 0.0413. The van der Waals surface area contributed by atoms with Gasteiger partial charge in [0.15, 0.2) is 5.78 Å². The van der Waals surface area contributed by atoms with Crippen LogP contribution in [0.2, 0.25) is 0 Å². The molecule has 1 aliphatic carbocycles. The zero-order valence-corrected chi connectivity index (χ0v) is 18.6. The number of carbonyl (C=O) groups excluding carboxylic acids is 1. The van der Waals surface area contributed by atoms with Gasteiger partial charge in [-0.25, -0.2) is 0 Å². The van der Waals surface area contributed by atoms with Crippen LogP contribution in [0.25, 0.3) is 10.9 Å². The number of aliphatic hydroxyl groups is 1. The van der Waals surface area contributed by atoms with Crippen molar-refractivity contribution in [1.82, 2.24) is 9.88 Å². The third-order valence-electron chi connectivity index (χ3n) is 6.61. The third kappa shape index (κ3) is 4.65. The van der Waals surface area contributed by atoms with Gasteiger partial charge >= 0.3 is 0 Å². The van der Waals surface area contributed by atoms with Gasteiger partial charge in [0.1, 0.15) is 0 Å². The highest BCUT2D eigenvalue weighted by Gasteiger charge is 2.29. The van der Waals surface area contributed by atoms with Crippen LogP contribution in [0.15, 0.2) is 28.9 Å². The molecular formula is C23H30BrN3O2. The Morgan fingerprint density at radius 1 is 1.28 bits per heavy atom. The van der Waals surface area contributed by atoms with Crippen LogP contribution in [0, 0.1) is 5.92 Å². The number of hydrogen-bond donors (Lipinski definition) is 2. The molecule has 6 heteroatoms. The van der Waals surface area contributed by atoms with Gasteiger partial charge in [0.25, 0.3) is 0 Å². The number of halogens is 1. The Hall–Kier alpha value is -1.50. The monoisotopic (exact) mass is 459 g/mol. The first-order valence-corrected chi connectivity index (χ1v) is 11.5. The van der Waals surface area contributed by atoms with E-state index in [4.69, 9.17) is 0 Å². The molecule has 0 bridgehead atoms. The first kappa shape index (κ1) is 20.8. The van der Waals surface area contributed by atoms with Gasteiger partial charge in [0.05, 0.1) is 23.4 Å². The maximum Gasteiger partial charge on any atom is 0.163 e. The van der Waals surface area contributed by atoms with Crippen LogP contribution in [0.4, 0.5) is 5.69 Å². The number of anilines is 1. The van der Waals surface area contributed by atoms with E-state index < -0.39 is 0 Å². The summed E-state index contributed by atoms with van der Waals surface area (Å²) in [5.74, 6) is 0.746. The van der Waals surface area contributed by atoms with Crippen molar-refractivity contribution >= 4 is 38.3 Å². The second-order valence-electron chi connectivity index (χ2n) is 8.60. The highest BCUT2D eigenvalue weighted by molar-refractivity contribution is 9.10. The summed E-state index contributed by atoms with van der Waals surface area (Å²) in [5.41, 5.74) is 2.49. The van der Waals surface area contributed by atoms with Crippen LogP contribution < -0.4 is 5.32 Å². The predicted octanol–water partition coefficient (Wildman–Crippen LogP) is 4.63. The van der Waals surface area contributed by atoms with E-state index >= 15 is 0 Å². The topological polar surface area (TPSA) is 65.5 Å². The van der Waals surface area contributed by atoms with Crippen LogP contribution in [0.3, 0.4) is 0 Å². The van der Waals surface area contributed by atoms with E-state index in [1.165, 1.54) is 19.3 Å². The third-order valence-corrected chi connectivity index (χ3v) is 7.10. The van der Waals surface area contributed by atoms with Crippen LogP contribution in [0.1, 0.15) is 55.8 Å². The molecule has 4 rings (SSSR count). The second kappa shape index (κ2) is 9.11. The Kier molecular flexibility index (Phi) is 6.52. The minimum absolute atomic E-state index is 0.0413. The lowest BCUT2D eigenvalue weighted by Crippen LogP contribution is -2.38. The number of aromatic nitrogens is 1. The molecule has 1 aromatic heterocycles. The van der Waals surface area contributed by atoms with E-state index in [-0.39, 0.29) is 12.4 Å². The highest BCUT2D eigenvalue weighted by Crippen LogP contribution is 2.34. The van der Waals surface area contributed by atoms with Crippen LogP contribution >= 0.6 is 15.9 Å². The molecule has 1 saturated carbocycles. The Labute approximate surface area is 181 Å². The van der Waals surface area contributed by atoms with Crippen LogP contribution in [-0.2, 0) is 0 Å². The number of carbonyl (C=O) groups is 1. The fourth-order valence-corrected chi connectivity index (χ4v) is 5.32. The normalized spacial score (nSPS) is 25.4. The molecule has 2 aromatic rings. The van der Waals surface area contributed by atoms with Gasteiger partial charge in [-0.05, 0) is 76.1 Å². The summed E-state index contributed by atoms with van der Waals surface area (Å²) in [7, 11) is 0. The molecule has 1 atom stereocenters. The standard InChI is InChI=1S/C23H30BrN3O2/c1-15(29)21-12-25-22-9-6-17(24)11-20(22)23(21)26-18-7-4-16(5-8-18)13-27-10-2-3-19(27)14-28/h6,9,11-12,16,18-19,28H,2-5,7-8,10,13-14H2,1H3,(H,25,26)/t16-,18-,19-/m1/s1. The Balaban J connectivity index is 1.45. The van der Waals surface area contributed by atoms with Gasteiger partial charge in [0, 0.05) is 34.7 Å². The summed E-state index contributed by atoms with van der Waals surface area (Å²) >= 11 is 3.55. The zero-order chi connectivity index (χ0) is 20.4. The summed E-state index contributed by atoms with van der Waals surface area (Å²) in [4.78, 5) is 19.2. The average Bonchev–Trinajstić information content (AvgIpc) is 3.16. The van der Waals surface area contributed by atoms with Gasteiger partial charge in [0.2, 0.25) is 0 Å². The van der Waals surface area contributed by atoms with E-state index in [9.17, 15) is 9.90 Å². The molecule has 2 fully saturated rings. The maximum atomic E-state index is 12.2. The van der Waals surface area contributed by atoms with E-state index in [2.05, 4.69) is 31.1 Å². The summed E-state index contributed by atoms with van der Waals surface area (Å²) < 4.78 is 0.989. The van der Waals surface area contributed by atoms with E-state index in [1.54, 1.807) is 13.1 Å². The number of fused-ring (bicyclic) bond motifs is 1. The van der Waals surface area contributed by atoms with Crippen molar-refractivity contribution < 1.29 is 9.90 Å². The van der Waals surface area contributed by atoms with Crippen molar-refractivity contribution in [3.05, 3.63) is 34.4 Å². The Morgan fingerprint density at radius 3 is 2.79 bits per heavy atom. The first-order valence-electron chi connectivity index (χ1n) is 10.8. The average molecular weight is 460 g/mol. The van der Waals surface area contributed by atoms with Gasteiger partial charge in [-0.3, -0.25) is 14.7 Å². The number of Topliss-reactive ketones (excluding diaryl/α,β-unsaturated/α-hetero) is 1. The van der Waals surface area contributed by atoms with E-state index in [0.717, 1.165) is 53.4 Å². The molecule has 2 N–H and O–H groups in total. The van der Waals surface area contributed by atoms with Crippen molar-refractivity contribution in [2.75, 3.05) is 25.0 Å². The number of nitrogens with zero attached hydrogens (tertiary/aromatic N) is 2. The van der Waals surface area contributed by atoms with Gasteiger partial charge in [-0.15, -0.1) is 0 Å². The molecule has 2 aliphatic rings. The second-order valence-corrected chi connectivity index (χ2v) is 9.52. The molecule has 1 aliphatic heterocycles. The van der Waals surface area contributed by atoms with E-state index in [1.807, 2.05) is 18.2 Å². The summed E-state index contributed by atoms with van der Waals surface area (Å²) in [6, 6.07) is 6.76. The number of ketones is 1. The number of pyridine rings is 1. The summed E-state index contributed by atoms with van der Waals surface area (Å²) in [6.45, 7) is 4.14. The number of rotatable bonds is 6. The molecule has 1 saturated heterocycles. The lowest BCUT2D eigenvalue weighted by atomic mass is 9.85. The van der Waals surface area contributed by atoms with Crippen LogP contribution in [0.5, 0.6) is 0 Å². The molecule has 2 heterocycles. The number of benzene rings is 1. The SMILES string of the molecule is CC(=O)c1cnc2ccc(Br)cc2c1N[C@H]1CC[C@H](CN2CCC[C@@H]2CO)CC1. The molecule has 29 heavy (non-hydrogen) atoms. The molecule has 0 amide bonds. The molecule has 0 spiro atoms. The molecule has 156 valence electrons.